The lowest BCUT2D eigenvalue weighted by molar-refractivity contribution is -0.115. The number of aliphatic imine (C=N–C) groups is 1. The van der Waals surface area contributed by atoms with Crippen molar-refractivity contribution in [3.63, 3.8) is 0 Å². The fourth-order valence-corrected chi connectivity index (χ4v) is 2.77. The number of carbonyl (C=O) groups is 1. The van der Waals surface area contributed by atoms with Gasteiger partial charge in [0.25, 0.3) is 0 Å². The van der Waals surface area contributed by atoms with E-state index in [0.717, 1.165) is 42.0 Å². The van der Waals surface area contributed by atoms with Crippen LogP contribution in [0.5, 0.6) is 0 Å². The predicted molar refractivity (Wildman–Crippen MR) is 108 cm³/mol. The van der Waals surface area contributed by atoms with Crippen LogP contribution in [0, 0.1) is 0 Å². The van der Waals surface area contributed by atoms with Crippen molar-refractivity contribution in [2.24, 2.45) is 4.99 Å². The average Bonchev–Trinajstić information content (AvgIpc) is 3.10. The van der Waals surface area contributed by atoms with Crippen LogP contribution in [0.1, 0.15) is 43.4 Å². The van der Waals surface area contributed by atoms with Gasteiger partial charge in [0.15, 0.2) is 5.96 Å². The molecule has 1 aromatic heterocycles. The summed E-state index contributed by atoms with van der Waals surface area (Å²) < 4.78 is 5.37. The Morgan fingerprint density at radius 2 is 1.96 bits per heavy atom. The van der Waals surface area contributed by atoms with Crippen LogP contribution in [0.2, 0.25) is 0 Å². The first-order valence-corrected chi connectivity index (χ1v) is 9.40. The molecule has 0 atom stereocenters. The van der Waals surface area contributed by atoms with E-state index >= 15 is 0 Å². The Kier molecular flexibility index (Phi) is 7.85. The highest BCUT2D eigenvalue weighted by molar-refractivity contribution is 5.95. The SMILES string of the molecule is CCc1cccc(NC(=O)CNC(=NC)NCc2c(CC)noc2CC)c1. The lowest BCUT2D eigenvalue weighted by Crippen LogP contribution is -2.41. The smallest absolute Gasteiger partial charge is 0.243 e. The van der Waals surface area contributed by atoms with Gasteiger partial charge in [0.05, 0.1) is 12.2 Å². The Balaban J connectivity index is 1.86. The molecule has 1 heterocycles. The summed E-state index contributed by atoms with van der Waals surface area (Å²) in [5.41, 5.74) is 3.99. The summed E-state index contributed by atoms with van der Waals surface area (Å²) in [4.78, 5) is 16.4. The molecule has 1 amide bonds. The van der Waals surface area contributed by atoms with Gasteiger partial charge in [0.2, 0.25) is 5.91 Å². The van der Waals surface area contributed by atoms with E-state index in [2.05, 4.69) is 33.0 Å². The molecule has 0 fully saturated rings. The maximum atomic E-state index is 12.2. The molecule has 27 heavy (non-hydrogen) atoms. The minimum atomic E-state index is -0.125. The Morgan fingerprint density at radius 3 is 2.63 bits per heavy atom. The third-order valence-electron chi connectivity index (χ3n) is 4.30. The number of hydrogen-bond acceptors (Lipinski definition) is 4. The van der Waals surface area contributed by atoms with Gasteiger partial charge < -0.3 is 20.5 Å². The number of aryl methyl sites for hydroxylation is 3. The molecule has 0 spiro atoms. The summed E-state index contributed by atoms with van der Waals surface area (Å²) in [5, 5.41) is 13.2. The maximum absolute atomic E-state index is 12.2. The second-order valence-electron chi connectivity index (χ2n) is 6.12. The summed E-state index contributed by atoms with van der Waals surface area (Å²) in [6.07, 6.45) is 2.53. The quantitative estimate of drug-likeness (QED) is 0.490. The number of nitrogens with one attached hydrogen (secondary N) is 3. The lowest BCUT2D eigenvalue weighted by Gasteiger charge is -2.12. The first-order valence-electron chi connectivity index (χ1n) is 9.40. The number of benzene rings is 1. The Hall–Kier alpha value is -2.83. The van der Waals surface area contributed by atoms with Crippen LogP contribution in [0.15, 0.2) is 33.8 Å². The van der Waals surface area contributed by atoms with E-state index in [1.54, 1.807) is 7.05 Å². The number of hydrogen-bond donors (Lipinski definition) is 3. The summed E-state index contributed by atoms with van der Waals surface area (Å²) in [6.45, 7) is 6.85. The van der Waals surface area contributed by atoms with E-state index in [1.807, 2.05) is 38.1 Å². The normalized spacial score (nSPS) is 11.3. The van der Waals surface area contributed by atoms with Crippen LogP contribution in [0.3, 0.4) is 0 Å². The van der Waals surface area contributed by atoms with Crippen molar-refractivity contribution in [3.05, 3.63) is 46.8 Å². The van der Waals surface area contributed by atoms with Crippen LogP contribution in [0.4, 0.5) is 5.69 Å². The van der Waals surface area contributed by atoms with Crippen LogP contribution < -0.4 is 16.0 Å². The summed E-state index contributed by atoms with van der Waals surface area (Å²) in [7, 11) is 1.67. The molecule has 0 aliphatic rings. The molecular formula is C20H29N5O2. The van der Waals surface area contributed by atoms with Crippen molar-refractivity contribution >= 4 is 17.6 Å². The van der Waals surface area contributed by atoms with Crippen LogP contribution in [-0.4, -0.2) is 30.6 Å². The first kappa shape index (κ1) is 20.5. The largest absolute Gasteiger partial charge is 0.361 e. The predicted octanol–water partition coefficient (Wildman–Crippen LogP) is 2.67. The highest BCUT2D eigenvalue weighted by Gasteiger charge is 2.14. The number of anilines is 1. The van der Waals surface area contributed by atoms with Gasteiger partial charge in [-0.1, -0.05) is 38.1 Å². The second kappa shape index (κ2) is 10.4. The molecule has 0 aliphatic carbocycles. The van der Waals surface area contributed by atoms with Gasteiger partial charge in [0.1, 0.15) is 5.76 Å². The van der Waals surface area contributed by atoms with E-state index in [4.69, 9.17) is 4.52 Å². The van der Waals surface area contributed by atoms with Crippen molar-refractivity contribution in [1.29, 1.82) is 0 Å². The van der Waals surface area contributed by atoms with E-state index in [1.165, 1.54) is 5.56 Å². The maximum Gasteiger partial charge on any atom is 0.243 e. The first-order chi connectivity index (χ1) is 13.1. The number of rotatable bonds is 8. The van der Waals surface area contributed by atoms with Crippen LogP contribution >= 0.6 is 0 Å². The van der Waals surface area contributed by atoms with E-state index in [9.17, 15) is 4.79 Å². The third-order valence-corrected chi connectivity index (χ3v) is 4.30. The highest BCUT2D eigenvalue weighted by atomic mass is 16.5. The molecule has 2 aromatic rings. The van der Waals surface area contributed by atoms with Crippen molar-refractivity contribution < 1.29 is 9.32 Å². The van der Waals surface area contributed by atoms with E-state index in [0.29, 0.717) is 12.5 Å². The standard InChI is InChI=1S/C20H29N5O2/c1-5-14-9-8-10-15(11-14)24-19(26)13-23-20(21-4)22-12-16-17(6-2)25-27-18(16)7-3/h8-11H,5-7,12-13H2,1-4H3,(H,24,26)(H2,21,22,23). The van der Waals surface area contributed by atoms with Gasteiger partial charge in [-0.3, -0.25) is 9.79 Å². The molecular weight excluding hydrogens is 342 g/mol. The number of guanidine groups is 1. The fourth-order valence-electron chi connectivity index (χ4n) is 2.77. The van der Waals surface area contributed by atoms with Crippen molar-refractivity contribution in [1.82, 2.24) is 15.8 Å². The van der Waals surface area contributed by atoms with E-state index in [-0.39, 0.29) is 12.5 Å². The van der Waals surface area contributed by atoms with Gasteiger partial charge >= 0.3 is 0 Å². The van der Waals surface area contributed by atoms with E-state index < -0.39 is 0 Å². The molecule has 0 saturated heterocycles. The minimum Gasteiger partial charge on any atom is -0.361 e. The molecule has 7 nitrogen and oxygen atoms in total. The molecule has 0 saturated carbocycles. The molecule has 1 aromatic carbocycles. The number of carbonyl (C=O) groups excluding carboxylic acids is 1. The average molecular weight is 371 g/mol. The summed E-state index contributed by atoms with van der Waals surface area (Å²) in [6, 6.07) is 7.85. The molecule has 0 radical (unpaired) electrons. The monoisotopic (exact) mass is 371 g/mol. The van der Waals surface area contributed by atoms with Gasteiger partial charge in [0, 0.05) is 31.3 Å². The number of amides is 1. The number of nitrogens with zero attached hydrogens (tertiary/aromatic N) is 2. The molecule has 7 heteroatoms. The summed E-state index contributed by atoms with van der Waals surface area (Å²) in [5.74, 6) is 1.31. The third kappa shape index (κ3) is 5.84. The molecule has 3 N–H and O–H groups in total. The topological polar surface area (TPSA) is 91.5 Å². The summed E-state index contributed by atoms with van der Waals surface area (Å²) >= 11 is 0. The molecule has 146 valence electrons. The van der Waals surface area contributed by atoms with Crippen molar-refractivity contribution in [2.45, 2.75) is 46.6 Å². The molecule has 0 unspecified atom stereocenters. The van der Waals surface area contributed by atoms with Crippen molar-refractivity contribution in [2.75, 3.05) is 18.9 Å². The minimum absolute atomic E-state index is 0.125. The molecule has 2 rings (SSSR count). The van der Waals surface area contributed by atoms with Crippen LogP contribution in [-0.2, 0) is 30.6 Å². The highest BCUT2D eigenvalue weighted by Crippen LogP contribution is 2.15. The Morgan fingerprint density at radius 1 is 1.15 bits per heavy atom. The van der Waals surface area contributed by atoms with Gasteiger partial charge in [-0.15, -0.1) is 0 Å². The zero-order valence-electron chi connectivity index (χ0n) is 16.6. The van der Waals surface area contributed by atoms with Gasteiger partial charge in [-0.25, -0.2) is 0 Å². The zero-order valence-corrected chi connectivity index (χ0v) is 16.6. The second-order valence-corrected chi connectivity index (χ2v) is 6.12. The van der Waals surface area contributed by atoms with Gasteiger partial charge in [-0.05, 0) is 30.5 Å². The van der Waals surface area contributed by atoms with Crippen LogP contribution in [0.25, 0.3) is 0 Å². The van der Waals surface area contributed by atoms with Gasteiger partial charge in [-0.2, -0.15) is 0 Å². The Bertz CT molecular complexity index is 761. The molecule has 0 bridgehead atoms. The van der Waals surface area contributed by atoms with Crippen molar-refractivity contribution in [3.8, 4) is 0 Å². The molecule has 0 aliphatic heterocycles. The fraction of sp³-hybridized carbons (Fsp3) is 0.450. The zero-order chi connectivity index (χ0) is 19.6. The number of aromatic nitrogens is 1. The Labute approximate surface area is 160 Å². The lowest BCUT2D eigenvalue weighted by atomic mass is 10.1.